The Morgan fingerprint density at radius 1 is 1.25 bits per heavy atom. The van der Waals surface area contributed by atoms with Crippen molar-refractivity contribution >= 4 is 27.3 Å². The molecule has 2 aromatic rings. The summed E-state index contributed by atoms with van der Waals surface area (Å²) in [6.07, 6.45) is 0. The van der Waals surface area contributed by atoms with E-state index in [2.05, 4.69) is 10.0 Å². The standard InChI is InChI=1S/C13H15ClN2O3S/c1-9-13(7-12(19-9)8-15-2)20(17,18)16-11-5-3-10(14)4-6-11/h3-7,15-16H,8H2,1-2H3. The Kier molecular flexibility index (Phi) is 4.37. The van der Waals surface area contributed by atoms with Gasteiger partial charge in [0.05, 0.1) is 6.54 Å². The van der Waals surface area contributed by atoms with Gasteiger partial charge in [0.25, 0.3) is 10.0 Å². The van der Waals surface area contributed by atoms with Crippen LogP contribution in [0, 0.1) is 6.92 Å². The van der Waals surface area contributed by atoms with Gasteiger partial charge in [0.2, 0.25) is 0 Å². The molecular weight excluding hydrogens is 300 g/mol. The molecule has 0 unspecified atom stereocenters. The van der Waals surface area contributed by atoms with Gasteiger partial charge in [-0.15, -0.1) is 0 Å². The molecule has 0 spiro atoms. The lowest BCUT2D eigenvalue weighted by atomic mass is 10.3. The Hall–Kier alpha value is -1.50. The fourth-order valence-corrected chi connectivity index (χ4v) is 3.17. The molecule has 0 saturated carbocycles. The maximum absolute atomic E-state index is 12.3. The second-order valence-electron chi connectivity index (χ2n) is 4.28. The number of nitrogens with one attached hydrogen (secondary N) is 2. The molecule has 5 nitrogen and oxygen atoms in total. The number of furan rings is 1. The molecule has 20 heavy (non-hydrogen) atoms. The number of aryl methyl sites for hydroxylation is 1. The van der Waals surface area contributed by atoms with Crippen LogP contribution in [0.15, 0.2) is 39.6 Å². The van der Waals surface area contributed by atoms with E-state index in [1.807, 2.05) is 0 Å². The lowest BCUT2D eigenvalue weighted by Crippen LogP contribution is -2.13. The van der Waals surface area contributed by atoms with E-state index in [9.17, 15) is 8.42 Å². The molecule has 1 aromatic heterocycles. The third-order valence-electron chi connectivity index (χ3n) is 2.66. The lowest BCUT2D eigenvalue weighted by Gasteiger charge is -2.06. The fourth-order valence-electron chi connectivity index (χ4n) is 1.78. The molecule has 0 atom stereocenters. The number of halogens is 1. The molecule has 0 radical (unpaired) electrons. The van der Waals surface area contributed by atoms with Crippen molar-refractivity contribution < 1.29 is 12.8 Å². The Labute approximate surface area is 123 Å². The van der Waals surface area contributed by atoms with E-state index < -0.39 is 10.0 Å². The molecule has 1 heterocycles. The summed E-state index contributed by atoms with van der Waals surface area (Å²) in [6, 6.07) is 7.96. The molecule has 0 saturated heterocycles. The molecule has 0 fully saturated rings. The van der Waals surface area contributed by atoms with Crippen molar-refractivity contribution in [3.8, 4) is 0 Å². The van der Waals surface area contributed by atoms with Gasteiger partial charge in [-0.25, -0.2) is 8.42 Å². The quantitative estimate of drug-likeness (QED) is 0.890. The summed E-state index contributed by atoms with van der Waals surface area (Å²) in [4.78, 5) is 0.137. The number of anilines is 1. The number of sulfonamides is 1. The zero-order valence-electron chi connectivity index (χ0n) is 11.1. The van der Waals surface area contributed by atoms with Crippen molar-refractivity contribution in [3.05, 3.63) is 46.9 Å². The topological polar surface area (TPSA) is 71.3 Å². The second-order valence-corrected chi connectivity index (χ2v) is 6.36. The molecule has 0 aliphatic heterocycles. The minimum Gasteiger partial charge on any atom is -0.464 e. The smallest absolute Gasteiger partial charge is 0.265 e. The highest BCUT2D eigenvalue weighted by atomic mass is 35.5. The van der Waals surface area contributed by atoms with E-state index in [0.717, 1.165) is 0 Å². The molecule has 0 aliphatic carbocycles. The molecule has 2 N–H and O–H groups in total. The van der Waals surface area contributed by atoms with Gasteiger partial charge in [0.15, 0.2) is 0 Å². The third-order valence-corrected chi connectivity index (χ3v) is 4.40. The van der Waals surface area contributed by atoms with E-state index in [1.165, 1.54) is 6.07 Å². The average Bonchev–Trinajstić information content (AvgIpc) is 2.74. The lowest BCUT2D eigenvalue weighted by molar-refractivity contribution is 0.466. The van der Waals surface area contributed by atoms with Crippen LogP contribution in [0.3, 0.4) is 0 Å². The fraction of sp³-hybridized carbons (Fsp3) is 0.231. The highest BCUT2D eigenvalue weighted by molar-refractivity contribution is 7.92. The van der Waals surface area contributed by atoms with Crippen LogP contribution in [0.25, 0.3) is 0 Å². The van der Waals surface area contributed by atoms with Crippen molar-refractivity contribution in [2.24, 2.45) is 0 Å². The molecule has 0 aliphatic rings. The van der Waals surface area contributed by atoms with Crippen molar-refractivity contribution in [1.82, 2.24) is 5.32 Å². The van der Waals surface area contributed by atoms with Crippen molar-refractivity contribution in [1.29, 1.82) is 0 Å². The molecule has 0 amide bonds. The molecule has 2 rings (SSSR count). The molecule has 108 valence electrons. The number of rotatable bonds is 5. The average molecular weight is 315 g/mol. The van der Waals surface area contributed by atoms with E-state index in [0.29, 0.717) is 28.8 Å². The first-order valence-corrected chi connectivity index (χ1v) is 7.81. The van der Waals surface area contributed by atoms with Gasteiger partial charge in [0, 0.05) is 16.8 Å². The Bertz CT molecular complexity index is 693. The third kappa shape index (κ3) is 3.33. The molecule has 1 aromatic carbocycles. The monoisotopic (exact) mass is 314 g/mol. The Balaban J connectivity index is 2.28. The normalized spacial score (nSPS) is 11.6. The Morgan fingerprint density at radius 2 is 1.90 bits per heavy atom. The summed E-state index contributed by atoms with van der Waals surface area (Å²) in [5.41, 5.74) is 0.449. The van der Waals surface area contributed by atoms with Crippen LogP contribution in [-0.4, -0.2) is 15.5 Å². The minimum atomic E-state index is -3.67. The number of benzene rings is 1. The van der Waals surface area contributed by atoms with Crippen LogP contribution in [0.1, 0.15) is 11.5 Å². The summed E-state index contributed by atoms with van der Waals surface area (Å²) < 4.78 is 32.5. The summed E-state index contributed by atoms with van der Waals surface area (Å²) in [5.74, 6) is 0.929. The minimum absolute atomic E-state index is 0.137. The predicted molar refractivity (Wildman–Crippen MR) is 78.5 cm³/mol. The van der Waals surface area contributed by atoms with Crippen molar-refractivity contribution in [2.45, 2.75) is 18.4 Å². The highest BCUT2D eigenvalue weighted by Gasteiger charge is 2.21. The molecular formula is C13H15ClN2O3S. The first kappa shape index (κ1) is 14.9. The van der Waals surface area contributed by atoms with Crippen LogP contribution in [-0.2, 0) is 16.6 Å². The first-order chi connectivity index (χ1) is 9.42. The van der Waals surface area contributed by atoms with E-state index in [1.54, 1.807) is 38.2 Å². The van der Waals surface area contributed by atoms with Gasteiger partial charge in [-0.3, -0.25) is 4.72 Å². The van der Waals surface area contributed by atoms with Crippen LogP contribution < -0.4 is 10.0 Å². The van der Waals surface area contributed by atoms with Gasteiger partial charge >= 0.3 is 0 Å². The SMILES string of the molecule is CNCc1cc(S(=O)(=O)Nc2ccc(Cl)cc2)c(C)o1. The maximum Gasteiger partial charge on any atom is 0.265 e. The van der Waals surface area contributed by atoms with Crippen LogP contribution in [0.4, 0.5) is 5.69 Å². The maximum atomic E-state index is 12.3. The van der Waals surface area contributed by atoms with E-state index in [4.69, 9.17) is 16.0 Å². The summed E-state index contributed by atoms with van der Waals surface area (Å²) in [5, 5.41) is 3.45. The summed E-state index contributed by atoms with van der Waals surface area (Å²) in [7, 11) is -1.91. The predicted octanol–water partition coefficient (Wildman–Crippen LogP) is 2.76. The molecule has 0 bridgehead atoms. The second kappa shape index (κ2) is 5.87. The number of hydrogen-bond donors (Lipinski definition) is 2. The zero-order valence-corrected chi connectivity index (χ0v) is 12.7. The van der Waals surface area contributed by atoms with Gasteiger partial charge in [-0.05, 0) is 38.2 Å². The number of hydrogen-bond acceptors (Lipinski definition) is 4. The van der Waals surface area contributed by atoms with Crippen molar-refractivity contribution in [2.75, 3.05) is 11.8 Å². The van der Waals surface area contributed by atoms with Crippen LogP contribution in [0.5, 0.6) is 0 Å². The highest BCUT2D eigenvalue weighted by Crippen LogP contribution is 2.23. The van der Waals surface area contributed by atoms with Crippen LogP contribution in [0.2, 0.25) is 5.02 Å². The van der Waals surface area contributed by atoms with E-state index >= 15 is 0 Å². The van der Waals surface area contributed by atoms with Crippen LogP contribution >= 0.6 is 11.6 Å². The van der Waals surface area contributed by atoms with Gasteiger partial charge < -0.3 is 9.73 Å². The van der Waals surface area contributed by atoms with E-state index in [-0.39, 0.29) is 4.90 Å². The Morgan fingerprint density at radius 3 is 2.50 bits per heavy atom. The summed E-state index contributed by atoms with van der Waals surface area (Å²) >= 11 is 5.76. The first-order valence-electron chi connectivity index (χ1n) is 5.94. The van der Waals surface area contributed by atoms with Crippen molar-refractivity contribution in [3.63, 3.8) is 0 Å². The van der Waals surface area contributed by atoms with Gasteiger partial charge in [-0.2, -0.15) is 0 Å². The van der Waals surface area contributed by atoms with Gasteiger partial charge in [-0.1, -0.05) is 11.6 Å². The largest absolute Gasteiger partial charge is 0.464 e. The van der Waals surface area contributed by atoms with Gasteiger partial charge in [0.1, 0.15) is 16.4 Å². The zero-order chi connectivity index (χ0) is 14.8. The molecule has 7 heteroatoms. The summed E-state index contributed by atoms with van der Waals surface area (Å²) in [6.45, 7) is 2.09.